The largest absolute Gasteiger partial charge is 0.505 e. The third-order valence-electron chi connectivity index (χ3n) is 2.48. The molecule has 0 amide bonds. The molecule has 16 heavy (non-hydrogen) atoms. The second-order valence-electron chi connectivity index (χ2n) is 4.36. The zero-order valence-electron chi connectivity index (χ0n) is 9.83. The lowest BCUT2D eigenvalue weighted by Gasteiger charge is -2.18. The van der Waals surface area contributed by atoms with Gasteiger partial charge in [-0.3, -0.25) is 0 Å². The molecule has 0 fully saturated rings. The molecule has 0 heterocycles. The van der Waals surface area contributed by atoms with Gasteiger partial charge >= 0.3 is 0 Å². The van der Waals surface area contributed by atoms with Crippen molar-refractivity contribution in [3.63, 3.8) is 0 Å². The second kappa shape index (κ2) is 6.06. The van der Waals surface area contributed by atoms with E-state index in [1.807, 2.05) is 20.8 Å². The Morgan fingerprint density at radius 1 is 1.38 bits per heavy atom. The van der Waals surface area contributed by atoms with Crippen LogP contribution < -0.4 is 5.73 Å². The summed E-state index contributed by atoms with van der Waals surface area (Å²) in [4.78, 5) is 0. The van der Waals surface area contributed by atoms with E-state index in [4.69, 9.17) is 5.73 Å². The smallest absolute Gasteiger partial charge is 0.165 e. The summed E-state index contributed by atoms with van der Waals surface area (Å²) < 4.78 is 13.2. The fourth-order valence-corrected chi connectivity index (χ4v) is 1.78. The van der Waals surface area contributed by atoms with Crippen molar-refractivity contribution in [2.75, 3.05) is 0 Å². The fourth-order valence-electron chi connectivity index (χ4n) is 1.78. The average Bonchev–Trinajstić information content (AvgIpc) is 2.11. The summed E-state index contributed by atoms with van der Waals surface area (Å²) >= 11 is 0. The van der Waals surface area contributed by atoms with Gasteiger partial charge in [-0.05, 0) is 30.9 Å². The molecule has 0 saturated carbocycles. The van der Waals surface area contributed by atoms with Gasteiger partial charge in [0.15, 0.2) is 11.6 Å². The van der Waals surface area contributed by atoms with E-state index in [-0.39, 0.29) is 24.2 Å². The normalized spacial score (nSPS) is 12.4. The first kappa shape index (κ1) is 15.2. The molecule has 0 spiro atoms. The Kier molecular flexibility index (Phi) is 5.76. The molecule has 0 aliphatic heterocycles. The Balaban J connectivity index is 0.00000225. The number of halogens is 2. The highest BCUT2D eigenvalue weighted by Gasteiger charge is 2.17. The van der Waals surface area contributed by atoms with Crippen LogP contribution in [0.1, 0.15) is 37.4 Å². The highest BCUT2D eigenvalue weighted by Crippen LogP contribution is 2.31. The summed E-state index contributed by atoms with van der Waals surface area (Å²) in [6.07, 6.45) is 0.734. The predicted molar refractivity (Wildman–Crippen MR) is 66.4 cm³/mol. The van der Waals surface area contributed by atoms with E-state index in [0.717, 1.165) is 12.0 Å². The molecular weight excluding hydrogens is 229 g/mol. The molecule has 0 aromatic heterocycles. The molecule has 92 valence electrons. The van der Waals surface area contributed by atoms with Crippen LogP contribution in [0, 0.1) is 18.7 Å². The van der Waals surface area contributed by atoms with E-state index in [9.17, 15) is 9.50 Å². The Morgan fingerprint density at radius 2 is 1.94 bits per heavy atom. The zero-order valence-corrected chi connectivity index (χ0v) is 10.6. The molecule has 2 nitrogen and oxygen atoms in total. The van der Waals surface area contributed by atoms with E-state index < -0.39 is 5.82 Å². The first-order chi connectivity index (χ1) is 6.93. The van der Waals surface area contributed by atoms with Crippen molar-refractivity contribution in [3.8, 4) is 5.75 Å². The molecular formula is C12H19ClFNO. The molecule has 0 bridgehead atoms. The van der Waals surface area contributed by atoms with Crippen LogP contribution in [0.15, 0.2) is 12.1 Å². The lowest BCUT2D eigenvalue weighted by Crippen LogP contribution is -2.14. The molecule has 1 atom stereocenters. The van der Waals surface area contributed by atoms with Crippen LogP contribution in [-0.4, -0.2) is 5.11 Å². The van der Waals surface area contributed by atoms with Crippen LogP contribution >= 0.6 is 12.4 Å². The van der Waals surface area contributed by atoms with E-state index in [1.165, 1.54) is 6.07 Å². The maximum atomic E-state index is 13.2. The van der Waals surface area contributed by atoms with Crippen LogP contribution in [-0.2, 0) is 0 Å². The number of nitrogens with two attached hydrogens (primary N) is 1. The van der Waals surface area contributed by atoms with Crippen LogP contribution in [0.25, 0.3) is 0 Å². The van der Waals surface area contributed by atoms with Crippen LogP contribution in [0.3, 0.4) is 0 Å². The lowest BCUT2D eigenvalue weighted by atomic mass is 9.93. The Labute approximate surface area is 102 Å². The molecule has 4 heteroatoms. The second-order valence-corrected chi connectivity index (χ2v) is 4.36. The van der Waals surface area contributed by atoms with Crippen molar-refractivity contribution >= 4 is 12.4 Å². The highest BCUT2D eigenvalue weighted by atomic mass is 35.5. The van der Waals surface area contributed by atoms with Gasteiger partial charge < -0.3 is 10.8 Å². The van der Waals surface area contributed by atoms with Crippen molar-refractivity contribution in [2.45, 2.75) is 33.2 Å². The van der Waals surface area contributed by atoms with Crippen molar-refractivity contribution in [2.24, 2.45) is 11.7 Å². The number of rotatable bonds is 3. The molecule has 0 aliphatic rings. The van der Waals surface area contributed by atoms with Crippen LogP contribution in [0.2, 0.25) is 0 Å². The Hall–Kier alpha value is -0.800. The van der Waals surface area contributed by atoms with E-state index in [1.54, 1.807) is 6.07 Å². The highest BCUT2D eigenvalue weighted by molar-refractivity contribution is 5.85. The van der Waals surface area contributed by atoms with Crippen LogP contribution in [0.4, 0.5) is 4.39 Å². The predicted octanol–water partition coefficient (Wildman–Crippen LogP) is 3.31. The molecule has 1 aromatic rings. The van der Waals surface area contributed by atoms with Crippen LogP contribution in [0.5, 0.6) is 5.75 Å². The fraction of sp³-hybridized carbons (Fsp3) is 0.500. The summed E-state index contributed by atoms with van der Waals surface area (Å²) in [7, 11) is 0. The van der Waals surface area contributed by atoms with Gasteiger partial charge in [-0.1, -0.05) is 19.9 Å². The molecule has 1 aromatic carbocycles. The number of benzene rings is 1. The van der Waals surface area contributed by atoms with Gasteiger partial charge in [-0.2, -0.15) is 0 Å². The van der Waals surface area contributed by atoms with Gasteiger partial charge in [0.05, 0.1) is 0 Å². The number of phenols is 1. The molecule has 0 aliphatic carbocycles. The van der Waals surface area contributed by atoms with Crippen molar-refractivity contribution in [1.29, 1.82) is 0 Å². The topological polar surface area (TPSA) is 46.2 Å². The quantitative estimate of drug-likeness (QED) is 0.861. The minimum absolute atomic E-state index is 0. The van der Waals surface area contributed by atoms with Crippen molar-refractivity contribution in [3.05, 3.63) is 29.1 Å². The van der Waals surface area contributed by atoms with Gasteiger partial charge in [0.2, 0.25) is 0 Å². The molecule has 3 N–H and O–H groups in total. The SMILES string of the molecule is Cc1ccc(F)c(O)c1[C@@H](N)CC(C)C.Cl. The van der Waals surface area contributed by atoms with Gasteiger partial charge in [-0.25, -0.2) is 4.39 Å². The van der Waals surface area contributed by atoms with E-state index in [0.29, 0.717) is 11.5 Å². The summed E-state index contributed by atoms with van der Waals surface area (Å²) in [5.74, 6) is -0.486. The summed E-state index contributed by atoms with van der Waals surface area (Å²) in [5, 5.41) is 9.61. The molecule has 0 radical (unpaired) electrons. The van der Waals surface area contributed by atoms with E-state index >= 15 is 0 Å². The number of hydrogen-bond donors (Lipinski definition) is 2. The summed E-state index contributed by atoms with van der Waals surface area (Å²) in [6, 6.07) is 2.60. The maximum Gasteiger partial charge on any atom is 0.165 e. The zero-order chi connectivity index (χ0) is 11.6. The first-order valence-corrected chi connectivity index (χ1v) is 5.17. The number of phenolic OH excluding ortho intramolecular Hbond substituents is 1. The third-order valence-corrected chi connectivity index (χ3v) is 2.48. The van der Waals surface area contributed by atoms with Crippen molar-refractivity contribution < 1.29 is 9.50 Å². The number of hydrogen-bond acceptors (Lipinski definition) is 2. The van der Waals surface area contributed by atoms with Gasteiger partial charge in [-0.15, -0.1) is 12.4 Å². The first-order valence-electron chi connectivity index (χ1n) is 5.17. The minimum atomic E-state index is -0.602. The lowest BCUT2D eigenvalue weighted by molar-refractivity contribution is 0.410. The summed E-state index contributed by atoms with van der Waals surface area (Å²) in [5.41, 5.74) is 7.31. The molecule has 1 rings (SSSR count). The standard InChI is InChI=1S/C12H18FNO.ClH/c1-7(2)6-10(14)11-8(3)4-5-9(13)12(11)15;/h4-5,7,10,15H,6,14H2,1-3H3;1H/t10-;/m0./s1. The Morgan fingerprint density at radius 3 is 2.44 bits per heavy atom. The molecule has 0 saturated heterocycles. The molecule has 0 unspecified atom stereocenters. The van der Waals surface area contributed by atoms with Gasteiger partial charge in [0.1, 0.15) is 0 Å². The van der Waals surface area contributed by atoms with E-state index in [2.05, 4.69) is 0 Å². The summed E-state index contributed by atoms with van der Waals surface area (Å²) in [6.45, 7) is 5.92. The van der Waals surface area contributed by atoms with Crippen molar-refractivity contribution in [1.82, 2.24) is 0 Å². The number of aromatic hydroxyl groups is 1. The van der Waals surface area contributed by atoms with Gasteiger partial charge in [0, 0.05) is 11.6 Å². The monoisotopic (exact) mass is 247 g/mol. The third kappa shape index (κ3) is 3.35. The van der Waals surface area contributed by atoms with Gasteiger partial charge in [0.25, 0.3) is 0 Å². The average molecular weight is 248 g/mol. The minimum Gasteiger partial charge on any atom is -0.505 e. The Bertz CT molecular complexity index is 355. The number of aryl methyl sites for hydroxylation is 1. The maximum absolute atomic E-state index is 13.2.